The van der Waals surface area contributed by atoms with Crippen LogP contribution in [-0.2, 0) is 0 Å². The van der Waals surface area contributed by atoms with Crippen LogP contribution < -0.4 is 10.5 Å². The van der Waals surface area contributed by atoms with E-state index in [0.29, 0.717) is 5.92 Å². The van der Waals surface area contributed by atoms with Crippen molar-refractivity contribution in [1.29, 1.82) is 0 Å². The molecule has 1 aromatic rings. The van der Waals surface area contributed by atoms with Gasteiger partial charge in [-0.15, -0.1) is 13.2 Å². The summed E-state index contributed by atoms with van der Waals surface area (Å²) in [5, 5.41) is 0. The lowest BCUT2D eigenvalue weighted by atomic mass is 10.1. The predicted octanol–water partition coefficient (Wildman–Crippen LogP) is 3.04. The van der Waals surface area contributed by atoms with Crippen molar-refractivity contribution in [3.63, 3.8) is 0 Å². The van der Waals surface area contributed by atoms with Crippen LogP contribution in [0, 0.1) is 5.92 Å². The Balaban J connectivity index is 2.08. The Morgan fingerprint density at radius 3 is 2.65 bits per heavy atom. The van der Waals surface area contributed by atoms with Crippen molar-refractivity contribution in [2.45, 2.75) is 31.7 Å². The van der Waals surface area contributed by atoms with Crippen molar-refractivity contribution >= 4 is 0 Å². The van der Waals surface area contributed by atoms with E-state index in [9.17, 15) is 13.2 Å². The highest BCUT2D eigenvalue weighted by molar-refractivity contribution is 5.34. The zero-order chi connectivity index (χ0) is 12.6. The lowest BCUT2D eigenvalue weighted by molar-refractivity contribution is -0.274. The second-order valence-corrected chi connectivity index (χ2v) is 4.49. The van der Waals surface area contributed by atoms with Crippen molar-refractivity contribution in [1.82, 2.24) is 0 Å². The molecule has 2 N–H and O–H groups in total. The molecular weight excluding hydrogens is 231 g/mol. The van der Waals surface area contributed by atoms with Crippen LogP contribution in [0.4, 0.5) is 13.2 Å². The second kappa shape index (κ2) is 4.22. The van der Waals surface area contributed by atoms with E-state index in [1.165, 1.54) is 12.1 Å². The van der Waals surface area contributed by atoms with E-state index in [1.54, 1.807) is 6.07 Å². The summed E-state index contributed by atoms with van der Waals surface area (Å²) in [5.74, 6) is 0.480. The molecule has 1 aliphatic rings. The zero-order valence-electron chi connectivity index (χ0n) is 9.37. The van der Waals surface area contributed by atoms with Crippen LogP contribution >= 0.6 is 0 Å². The number of hydrogen-bond acceptors (Lipinski definition) is 2. The van der Waals surface area contributed by atoms with Crippen LogP contribution in [0.1, 0.15) is 24.8 Å². The molecule has 5 heteroatoms. The van der Waals surface area contributed by atoms with E-state index in [0.717, 1.165) is 12.0 Å². The van der Waals surface area contributed by atoms with Crippen LogP contribution in [0.5, 0.6) is 5.75 Å². The fourth-order valence-electron chi connectivity index (χ4n) is 2.12. The first-order chi connectivity index (χ1) is 7.87. The highest BCUT2D eigenvalue weighted by Gasteiger charge is 2.41. The third kappa shape index (κ3) is 3.12. The Morgan fingerprint density at radius 1 is 1.41 bits per heavy atom. The van der Waals surface area contributed by atoms with E-state index >= 15 is 0 Å². The largest absolute Gasteiger partial charge is 0.573 e. The summed E-state index contributed by atoms with van der Waals surface area (Å²) in [5.41, 5.74) is 6.62. The van der Waals surface area contributed by atoms with Gasteiger partial charge in [-0.1, -0.05) is 12.1 Å². The number of benzene rings is 1. The molecule has 94 valence electrons. The zero-order valence-corrected chi connectivity index (χ0v) is 9.37. The topological polar surface area (TPSA) is 35.2 Å². The molecule has 0 amide bonds. The molecule has 0 heterocycles. The first-order valence-electron chi connectivity index (χ1n) is 5.48. The van der Waals surface area contributed by atoms with E-state index in [-0.39, 0.29) is 17.7 Å². The Bertz CT molecular complexity index is 403. The molecule has 0 saturated heterocycles. The molecule has 1 aliphatic carbocycles. The van der Waals surface area contributed by atoms with Gasteiger partial charge in [0.1, 0.15) is 5.75 Å². The SMILES string of the molecule is CC(N)C1CC1c1cccc(OC(F)(F)F)c1. The van der Waals surface area contributed by atoms with Crippen molar-refractivity contribution in [3.8, 4) is 5.75 Å². The lowest BCUT2D eigenvalue weighted by Gasteiger charge is -2.10. The van der Waals surface area contributed by atoms with Crippen molar-refractivity contribution < 1.29 is 17.9 Å². The van der Waals surface area contributed by atoms with Crippen LogP contribution in [0.15, 0.2) is 24.3 Å². The van der Waals surface area contributed by atoms with Gasteiger partial charge in [0.2, 0.25) is 0 Å². The minimum atomic E-state index is -4.64. The quantitative estimate of drug-likeness (QED) is 0.888. The molecule has 0 aromatic heterocycles. The minimum absolute atomic E-state index is 0.0761. The summed E-state index contributed by atoms with van der Waals surface area (Å²) in [6.07, 6.45) is -3.70. The summed E-state index contributed by atoms with van der Waals surface area (Å²) < 4.78 is 40.0. The van der Waals surface area contributed by atoms with Gasteiger partial charge in [0.05, 0.1) is 0 Å². The second-order valence-electron chi connectivity index (χ2n) is 4.49. The Kier molecular flexibility index (Phi) is 3.03. The minimum Gasteiger partial charge on any atom is -0.406 e. The van der Waals surface area contributed by atoms with E-state index < -0.39 is 6.36 Å². The summed E-state index contributed by atoms with van der Waals surface area (Å²) in [7, 11) is 0. The monoisotopic (exact) mass is 245 g/mol. The normalized spacial score (nSPS) is 25.5. The Labute approximate surface area is 97.6 Å². The maximum absolute atomic E-state index is 12.1. The number of nitrogens with two attached hydrogens (primary N) is 1. The molecule has 0 spiro atoms. The van der Waals surface area contributed by atoms with Gasteiger partial charge in [-0.2, -0.15) is 0 Å². The number of hydrogen-bond donors (Lipinski definition) is 1. The van der Waals surface area contributed by atoms with E-state index in [2.05, 4.69) is 4.74 Å². The molecule has 0 bridgehead atoms. The van der Waals surface area contributed by atoms with Gasteiger partial charge in [-0.3, -0.25) is 0 Å². The number of halogens is 3. The van der Waals surface area contributed by atoms with Gasteiger partial charge >= 0.3 is 6.36 Å². The van der Waals surface area contributed by atoms with Crippen LogP contribution in [0.3, 0.4) is 0 Å². The van der Waals surface area contributed by atoms with E-state index in [4.69, 9.17) is 5.73 Å². The standard InChI is InChI=1S/C12H14F3NO/c1-7(16)10-6-11(10)8-3-2-4-9(5-8)17-12(13,14)15/h2-5,7,10-11H,6,16H2,1H3. The molecule has 1 saturated carbocycles. The van der Waals surface area contributed by atoms with Gasteiger partial charge in [0.25, 0.3) is 0 Å². The summed E-state index contributed by atoms with van der Waals surface area (Å²) in [6, 6.07) is 6.22. The molecule has 3 unspecified atom stereocenters. The van der Waals surface area contributed by atoms with Gasteiger partial charge in [0, 0.05) is 6.04 Å². The summed E-state index contributed by atoms with van der Waals surface area (Å²) in [6.45, 7) is 1.92. The number of ether oxygens (including phenoxy) is 1. The average molecular weight is 245 g/mol. The summed E-state index contributed by atoms with van der Waals surface area (Å²) in [4.78, 5) is 0. The fourth-order valence-corrected chi connectivity index (χ4v) is 2.12. The molecule has 2 rings (SSSR count). The van der Waals surface area contributed by atoms with E-state index in [1.807, 2.05) is 13.0 Å². The molecule has 1 aromatic carbocycles. The number of alkyl halides is 3. The fraction of sp³-hybridized carbons (Fsp3) is 0.500. The average Bonchev–Trinajstić information content (AvgIpc) is 2.94. The molecule has 2 nitrogen and oxygen atoms in total. The van der Waals surface area contributed by atoms with Crippen molar-refractivity contribution in [2.75, 3.05) is 0 Å². The highest BCUT2D eigenvalue weighted by Crippen LogP contribution is 2.49. The molecular formula is C12H14F3NO. The van der Waals surface area contributed by atoms with Gasteiger partial charge in [-0.05, 0) is 42.9 Å². The predicted molar refractivity (Wildman–Crippen MR) is 57.6 cm³/mol. The molecule has 1 fully saturated rings. The maximum atomic E-state index is 12.1. The van der Waals surface area contributed by atoms with Crippen LogP contribution in [0.25, 0.3) is 0 Å². The van der Waals surface area contributed by atoms with Gasteiger partial charge < -0.3 is 10.5 Å². The molecule has 17 heavy (non-hydrogen) atoms. The molecule has 3 atom stereocenters. The first kappa shape index (κ1) is 12.2. The number of rotatable bonds is 3. The highest BCUT2D eigenvalue weighted by atomic mass is 19.4. The van der Waals surface area contributed by atoms with Crippen molar-refractivity contribution in [3.05, 3.63) is 29.8 Å². The van der Waals surface area contributed by atoms with Crippen LogP contribution in [-0.4, -0.2) is 12.4 Å². The Morgan fingerprint density at radius 2 is 2.12 bits per heavy atom. The van der Waals surface area contributed by atoms with Crippen molar-refractivity contribution in [2.24, 2.45) is 11.7 Å². The smallest absolute Gasteiger partial charge is 0.406 e. The maximum Gasteiger partial charge on any atom is 0.573 e. The third-order valence-corrected chi connectivity index (χ3v) is 3.03. The third-order valence-electron chi connectivity index (χ3n) is 3.03. The molecule has 0 aliphatic heterocycles. The van der Waals surface area contributed by atoms with Gasteiger partial charge in [-0.25, -0.2) is 0 Å². The first-order valence-corrected chi connectivity index (χ1v) is 5.48. The lowest BCUT2D eigenvalue weighted by Crippen LogP contribution is -2.18. The summed E-state index contributed by atoms with van der Waals surface area (Å²) >= 11 is 0. The Hall–Kier alpha value is -1.23. The van der Waals surface area contributed by atoms with Crippen LogP contribution in [0.2, 0.25) is 0 Å². The van der Waals surface area contributed by atoms with Gasteiger partial charge in [0.15, 0.2) is 0 Å². The molecule has 0 radical (unpaired) electrons.